The Labute approximate surface area is 119 Å². The summed E-state index contributed by atoms with van der Waals surface area (Å²) in [6.07, 6.45) is 5.71. The van der Waals surface area contributed by atoms with Crippen molar-refractivity contribution >= 4 is 32.7 Å². The fraction of sp³-hybridized carbons (Fsp3) is 0.133. The van der Waals surface area contributed by atoms with Crippen LogP contribution in [0.25, 0.3) is 32.0 Å². The van der Waals surface area contributed by atoms with Gasteiger partial charge in [0.05, 0.1) is 10.9 Å². The molecular formula is C15H11N4S+. The van der Waals surface area contributed by atoms with Gasteiger partial charge in [-0.2, -0.15) is 4.57 Å². The predicted octanol–water partition coefficient (Wildman–Crippen LogP) is 2.50. The normalized spacial score (nSPS) is 13.1. The predicted molar refractivity (Wildman–Crippen MR) is 78.6 cm³/mol. The summed E-state index contributed by atoms with van der Waals surface area (Å²) in [4.78, 5) is 10.0. The fourth-order valence-electron chi connectivity index (χ4n) is 3.13. The van der Waals surface area contributed by atoms with Gasteiger partial charge in [-0.1, -0.05) is 0 Å². The van der Waals surface area contributed by atoms with Crippen LogP contribution < -0.4 is 4.57 Å². The number of nitrogens with zero attached hydrogens (tertiary/aromatic N) is 4. The average molecular weight is 279 g/mol. The molecule has 0 bridgehead atoms. The molecule has 0 atom stereocenters. The van der Waals surface area contributed by atoms with Gasteiger partial charge in [0.25, 0.3) is 10.5 Å². The molecule has 0 saturated heterocycles. The van der Waals surface area contributed by atoms with Crippen molar-refractivity contribution < 1.29 is 4.57 Å². The van der Waals surface area contributed by atoms with E-state index in [0.29, 0.717) is 0 Å². The first-order valence-electron chi connectivity index (χ1n) is 6.53. The lowest BCUT2D eigenvalue weighted by atomic mass is 10.2. The van der Waals surface area contributed by atoms with Gasteiger partial charge < -0.3 is 4.57 Å². The molecular weight excluding hydrogens is 268 g/mol. The summed E-state index contributed by atoms with van der Waals surface area (Å²) < 4.78 is 4.60. The van der Waals surface area contributed by atoms with E-state index in [1.165, 1.54) is 31.9 Å². The minimum Gasteiger partial charge on any atom is -0.315 e. The maximum Gasteiger partial charge on any atom is 0.272 e. The first-order chi connectivity index (χ1) is 9.84. The van der Waals surface area contributed by atoms with Crippen molar-refractivity contribution in [2.75, 3.05) is 0 Å². The van der Waals surface area contributed by atoms with E-state index in [2.05, 4.69) is 38.3 Å². The molecule has 0 spiro atoms. The van der Waals surface area contributed by atoms with Crippen LogP contribution in [0.4, 0.5) is 0 Å². The van der Waals surface area contributed by atoms with Crippen molar-refractivity contribution in [2.24, 2.45) is 7.05 Å². The van der Waals surface area contributed by atoms with Crippen LogP contribution in [0.2, 0.25) is 0 Å². The van der Waals surface area contributed by atoms with E-state index in [9.17, 15) is 0 Å². The molecule has 1 aliphatic rings. The molecule has 1 aliphatic heterocycles. The van der Waals surface area contributed by atoms with Crippen LogP contribution in [0, 0.1) is 0 Å². The maximum absolute atomic E-state index is 4.51. The lowest BCUT2D eigenvalue weighted by Crippen LogP contribution is -2.30. The Kier molecular flexibility index (Phi) is 1.80. The number of aromatic nitrogens is 4. The molecule has 0 aromatic carbocycles. The summed E-state index contributed by atoms with van der Waals surface area (Å²) in [5.74, 6) is 0. The molecule has 0 fully saturated rings. The largest absolute Gasteiger partial charge is 0.315 e. The van der Waals surface area contributed by atoms with Gasteiger partial charge in [-0.15, -0.1) is 0 Å². The van der Waals surface area contributed by atoms with Gasteiger partial charge in [-0.3, -0.25) is 4.98 Å². The van der Waals surface area contributed by atoms with Gasteiger partial charge in [0.1, 0.15) is 5.65 Å². The zero-order valence-corrected chi connectivity index (χ0v) is 11.7. The summed E-state index contributed by atoms with van der Waals surface area (Å²) in [7, 11) is 2.09. The topological polar surface area (TPSA) is 34.6 Å². The number of fused-ring (bicyclic) bond motifs is 7. The maximum atomic E-state index is 4.51. The van der Waals surface area contributed by atoms with Crippen molar-refractivity contribution in [3.63, 3.8) is 0 Å². The number of hydrogen-bond donors (Lipinski definition) is 0. The summed E-state index contributed by atoms with van der Waals surface area (Å²) in [6, 6.07) is 6.28. The number of rotatable bonds is 0. The molecule has 0 N–H and O–H groups in total. The minimum absolute atomic E-state index is 0.909. The third-order valence-electron chi connectivity index (χ3n) is 4.04. The molecule has 4 nitrogen and oxygen atoms in total. The molecule has 4 aromatic heterocycles. The Morgan fingerprint density at radius 2 is 2.25 bits per heavy atom. The zero-order chi connectivity index (χ0) is 13.3. The monoisotopic (exact) mass is 279 g/mol. The quantitative estimate of drug-likeness (QED) is 0.408. The second-order valence-corrected chi connectivity index (χ2v) is 6.09. The molecule has 5 heterocycles. The second-order valence-electron chi connectivity index (χ2n) is 5.11. The van der Waals surface area contributed by atoms with Crippen molar-refractivity contribution in [1.29, 1.82) is 0 Å². The van der Waals surface area contributed by atoms with E-state index in [4.69, 9.17) is 0 Å². The molecule has 5 heteroatoms. The Bertz CT molecular complexity index is 996. The SMILES string of the molecule is Cn1c2ncccc2c2c1sc1[n+]2Cc2cnccc2-1. The van der Waals surface area contributed by atoms with E-state index in [1.807, 2.05) is 36.0 Å². The molecule has 5 rings (SSSR count). The molecule has 96 valence electrons. The van der Waals surface area contributed by atoms with Gasteiger partial charge in [0.2, 0.25) is 0 Å². The van der Waals surface area contributed by atoms with Crippen molar-refractivity contribution in [1.82, 2.24) is 14.5 Å². The Hall–Kier alpha value is -2.27. The Balaban J connectivity index is 1.97. The van der Waals surface area contributed by atoms with Gasteiger partial charge in [-0.25, -0.2) is 4.98 Å². The Morgan fingerprint density at radius 1 is 1.30 bits per heavy atom. The van der Waals surface area contributed by atoms with Gasteiger partial charge in [0.15, 0.2) is 11.4 Å². The van der Waals surface area contributed by atoms with Gasteiger partial charge in [-0.05, 0) is 29.5 Å². The van der Waals surface area contributed by atoms with Crippen molar-refractivity contribution in [2.45, 2.75) is 6.54 Å². The van der Waals surface area contributed by atoms with Crippen LogP contribution in [0.5, 0.6) is 0 Å². The lowest BCUT2D eigenvalue weighted by molar-refractivity contribution is -0.641. The molecule has 20 heavy (non-hydrogen) atoms. The van der Waals surface area contributed by atoms with Crippen molar-refractivity contribution in [3.05, 3.63) is 42.4 Å². The molecule has 0 amide bonds. The van der Waals surface area contributed by atoms with Crippen LogP contribution in [0.3, 0.4) is 0 Å². The highest BCUT2D eigenvalue weighted by molar-refractivity contribution is 7.21. The average Bonchev–Trinajstić information content (AvgIpc) is 3.09. The number of aryl methyl sites for hydroxylation is 1. The zero-order valence-electron chi connectivity index (χ0n) is 10.9. The fourth-order valence-corrected chi connectivity index (χ4v) is 4.43. The number of thiazole rings is 1. The second kappa shape index (κ2) is 3.43. The minimum atomic E-state index is 0.909. The van der Waals surface area contributed by atoms with E-state index in [1.54, 1.807) is 0 Å². The summed E-state index contributed by atoms with van der Waals surface area (Å²) >= 11 is 1.84. The highest BCUT2D eigenvalue weighted by Gasteiger charge is 2.34. The lowest BCUT2D eigenvalue weighted by Gasteiger charge is -1.93. The van der Waals surface area contributed by atoms with E-state index < -0.39 is 0 Å². The standard InChI is InChI=1S/C15H11N4S/c1-18-13-11(3-2-5-17-13)12-15(18)20-14-10-4-6-16-7-9(10)8-19(12)14/h2-7H,8H2,1H3/q+1. The summed E-state index contributed by atoms with van der Waals surface area (Å²) in [6.45, 7) is 0.909. The summed E-state index contributed by atoms with van der Waals surface area (Å²) in [5, 5.41) is 2.56. The molecule has 4 aromatic rings. The van der Waals surface area contributed by atoms with Crippen LogP contribution in [0.15, 0.2) is 36.8 Å². The van der Waals surface area contributed by atoms with E-state index >= 15 is 0 Å². The number of pyridine rings is 2. The van der Waals surface area contributed by atoms with Crippen LogP contribution in [0.1, 0.15) is 5.56 Å². The molecule has 0 saturated carbocycles. The van der Waals surface area contributed by atoms with Crippen LogP contribution >= 0.6 is 11.3 Å². The third-order valence-corrected chi connectivity index (χ3v) is 5.33. The van der Waals surface area contributed by atoms with Crippen LogP contribution in [-0.2, 0) is 13.6 Å². The smallest absolute Gasteiger partial charge is 0.272 e. The first-order valence-corrected chi connectivity index (χ1v) is 7.35. The van der Waals surface area contributed by atoms with E-state index in [-0.39, 0.29) is 0 Å². The van der Waals surface area contributed by atoms with Gasteiger partial charge >= 0.3 is 0 Å². The van der Waals surface area contributed by atoms with Crippen molar-refractivity contribution in [3.8, 4) is 10.6 Å². The van der Waals surface area contributed by atoms with E-state index in [0.717, 1.165) is 12.2 Å². The first kappa shape index (κ1) is 10.5. The molecule has 0 aliphatic carbocycles. The number of hydrogen-bond acceptors (Lipinski definition) is 3. The molecule has 0 radical (unpaired) electrons. The molecule has 0 unspecified atom stereocenters. The Morgan fingerprint density at radius 3 is 3.20 bits per heavy atom. The highest BCUT2D eigenvalue weighted by Crippen LogP contribution is 2.38. The third kappa shape index (κ3) is 1.10. The summed E-state index contributed by atoms with van der Waals surface area (Å²) in [5.41, 5.74) is 4.98. The van der Waals surface area contributed by atoms with Gasteiger partial charge in [0, 0.05) is 31.2 Å². The highest BCUT2D eigenvalue weighted by atomic mass is 32.1. The van der Waals surface area contributed by atoms with Crippen LogP contribution in [-0.4, -0.2) is 14.5 Å².